The molecule has 7 heteroatoms. The van der Waals surface area contributed by atoms with Gasteiger partial charge in [-0.15, -0.1) is 0 Å². The van der Waals surface area contributed by atoms with Crippen LogP contribution in [0.5, 0.6) is 0 Å². The van der Waals surface area contributed by atoms with Gasteiger partial charge in [0.2, 0.25) is 0 Å². The predicted octanol–water partition coefficient (Wildman–Crippen LogP) is 2.56. The smallest absolute Gasteiger partial charge is 0.313 e. The first-order valence-corrected chi connectivity index (χ1v) is 8.47. The van der Waals surface area contributed by atoms with Crippen LogP contribution in [0.4, 0.5) is 0 Å². The molecule has 7 nitrogen and oxygen atoms in total. The molecule has 0 aromatic rings. The molecule has 1 aliphatic rings. The minimum Gasteiger partial charge on any atom is -0.326 e. The third kappa shape index (κ3) is 5.98. The number of carbonyl (C=O) groups is 2. The van der Waals surface area contributed by atoms with E-state index in [4.69, 9.17) is 19.2 Å². The van der Waals surface area contributed by atoms with Crippen LogP contribution in [0.2, 0.25) is 0 Å². The summed E-state index contributed by atoms with van der Waals surface area (Å²) in [6, 6.07) is 0. The van der Waals surface area contributed by atoms with Gasteiger partial charge in [0.15, 0.2) is 0 Å². The number of rotatable bonds is 12. The number of hydrogen-bond acceptors (Lipinski definition) is 6. The van der Waals surface area contributed by atoms with Gasteiger partial charge in [-0.3, -0.25) is 14.5 Å². The summed E-state index contributed by atoms with van der Waals surface area (Å²) in [5.41, 5.74) is -0.505. The standard InChI is InChI=1S/C17H29NO6/c1-6-11-16(4,5)23-24-17(21-7-2,22-8-3)12-13-18-14(19)9-10-15(18)20/h9-10H,6-8,11-13H2,1-5H3. The molecule has 0 N–H and O–H groups in total. The fourth-order valence-electron chi connectivity index (χ4n) is 2.44. The second kappa shape index (κ2) is 9.27. The third-order valence-corrected chi connectivity index (χ3v) is 3.52. The van der Waals surface area contributed by atoms with Gasteiger partial charge in [0.1, 0.15) is 0 Å². The van der Waals surface area contributed by atoms with Crippen molar-refractivity contribution in [2.75, 3.05) is 19.8 Å². The molecule has 1 aliphatic heterocycles. The molecule has 0 unspecified atom stereocenters. The molecule has 0 fully saturated rings. The highest BCUT2D eigenvalue weighted by atomic mass is 17.3. The van der Waals surface area contributed by atoms with E-state index in [2.05, 4.69) is 6.92 Å². The average molecular weight is 343 g/mol. The minimum atomic E-state index is -1.46. The fourth-order valence-corrected chi connectivity index (χ4v) is 2.44. The maximum absolute atomic E-state index is 11.7. The Bertz CT molecular complexity index is 436. The van der Waals surface area contributed by atoms with E-state index < -0.39 is 11.6 Å². The van der Waals surface area contributed by atoms with Crippen molar-refractivity contribution in [3.05, 3.63) is 12.2 Å². The fraction of sp³-hybridized carbons (Fsp3) is 0.765. The molecule has 2 amide bonds. The summed E-state index contributed by atoms with van der Waals surface area (Å²) >= 11 is 0. The maximum atomic E-state index is 11.7. The zero-order valence-corrected chi connectivity index (χ0v) is 15.3. The number of amides is 2. The molecule has 138 valence electrons. The van der Waals surface area contributed by atoms with Crippen molar-refractivity contribution in [3.8, 4) is 0 Å². The Balaban J connectivity index is 2.77. The normalized spacial score (nSPS) is 15.6. The number of nitrogens with zero attached hydrogens (tertiary/aromatic N) is 1. The summed E-state index contributed by atoms with van der Waals surface area (Å²) in [6.07, 6.45) is 4.37. The monoisotopic (exact) mass is 343 g/mol. The SMILES string of the molecule is CCCC(C)(C)OOC(CCN1C(=O)C=CC1=O)(OCC)OCC. The maximum Gasteiger partial charge on any atom is 0.313 e. The first kappa shape index (κ1) is 20.8. The molecule has 0 saturated heterocycles. The summed E-state index contributed by atoms with van der Waals surface area (Å²) in [5, 5.41) is 0. The third-order valence-electron chi connectivity index (χ3n) is 3.52. The zero-order valence-electron chi connectivity index (χ0n) is 15.3. The molecular formula is C17H29NO6. The van der Waals surface area contributed by atoms with Crippen LogP contribution in [0.1, 0.15) is 53.9 Å². The van der Waals surface area contributed by atoms with Crippen LogP contribution in [0.25, 0.3) is 0 Å². The Kier molecular flexibility index (Phi) is 8.02. The van der Waals surface area contributed by atoms with Gasteiger partial charge in [-0.2, -0.15) is 4.89 Å². The molecule has 0 bridgehead atoms. The molecule has 0 aromatic heterocycles. The van der Waals surface area contributed by atoms with Crippen molar-refractivity contribution in [3.63, 3.8) is 0 Å². The lowest BCUT2D eigenvalue weighted by Gasteiger charge is -2.35. The molecule has 0 aliphatic carbocycles. The van der Waals surface area contributed by atoms with Crippen molar-refractivity contribution in [2.24, 2.45) is 0 Å². The van der Waals surface area contributed by atoms with Gasteiger partial charge in [0.25, 0.3) is 11.8 Å². The van der Waals surface area contributed by atoms with Crippen LogP contribution in [0.15, 0.2) is 12.2 Å². The van der Waals surface area contributed by atoms with Crippen molar-refractivity contribution in [2.45, 2.75) is 65.5 Å². The van der Waals surface area contributed by atoms with E-state index in [1.807, 2.05) is 27.7 Å². The zero-order chi connectivity index (χ0) is 18.2. The van der Waals surface area contributed by atoms with Crippen LogP contribution < -0.4 is 0 Å². The van der Waals surface area contributed by atoms with Crippen molar-refractivity contribution < 1.29 is 28.8 Å². The van der Waals surface area contributed by atoms with E-state index in [1.165, 1.54) is 12.2 Å². The Labute approximate surface area is 143 Å². The second-order valence-electron chi connectivity index (χ2n) is 6.14. The van der Waals surface area contributed by atoms with Crippen LogP contribution in [-0.4, -0.2) is 48.0 Å². The van der Waals surface area contributed by atoms with Gasteiger partial charge >= 0.3 is 5.97 Å². The van der Waals surface area contributed by atoms with E-state index in [9.17, 15) is 9.59 Å². The first-order valence-electron chi connectivity index (χ1n) is 8.47. The topological polar surface area (TPSA) is 74.3 Å². The lowest BCUT2D eigenvalue weighted by Crippen LogP contribution is -2.45. The van der Waals surface area contributed by atoms with E-state index in [-0.39, 0.29) is 24.8 Å². The Hall–Kier alpha value is -1.28. The van der Waals surface area contributed by atoms with Crippen molar-refractivity contribution >= 4 is 11.8 Å². The lowest BCUT2D eigenvalue weighted by molar-refractivity contribution is -0.529. The highest BCUT2D eigenvalue weighted by molar-refractivity contribution is 6.12. The largest absolute Gasteiger partial charge is 0.326 e. The lowest BCUT2D eigenvalue weighted by atomic mass is 10.0. The number of carbonyl (C=O) groups excluding carboxylic acids is 2. The number of imide groups is 1. The Morgan fingerprint density at radius 3 is 1.92 bits per heavy atom. The molecular weight excluding hydrogens is 314 g/mol. The highest BCUT2D eigenvalue weighted by Gasteiger charge is 2.39. The van der Waals surface area contributed by atoms with E-state index >= 15 is 0 Å². The minimum absolute atomic E-state index is 0.113. The summed E-state index contributed by atoms with van der Waals surface area (Å²) in [7, 11) is 0. The Morgan fingerprint density at radius 2 is 1.46 bits per heavy atom. The van der Waals surface area contributed by atoms with Gasteiger partial charge in [-0.25, -0.2) is 4.89 Å². The molecule has 1 heterocycles. The molecule has 0 radical (unpaired) electrons. The summed E-state index contributed by atoms with van der Waals surface area (Å²) in [5.74, 6) is -2.17. The molecule has 1 rings (SSSR count). The van der Waals surface area contributed by atoms with Crippen LogP contribution in [0.3, 0.4) is 0 Å². The predicted molar refractivity (Wildman–Crippen MR) is 87.6 cm³/mol. The quantitative estimate of drug-likeness (QED) is 0.235. The van der Waals surface area contributed by atoms with Crippen molar-refractivity contribution in [1.29, 1.82) is 0 Å². The Morgan fingerprint density at radius 1 is 0.917 bits per heavy atom. The van der Waals surface area contributed by atoms with E-state index in [1.54, 1.807) is 0 Å². The number of hydrogen-bond donors (Lipinski definition) is 0. The molecule has 24 heavy (non-hydrogen) atoms. The molecule has 0 saturated carbocycles. The van der Waals surface area contributed by atoms with Crippen LogP contribution >= 0.6 is 0 Å². The highest BCUT2D eigenvalue weighted by Crippen LogP contribution is 2.27. The van der Waals surface area contributed by atoms with E-state index in [0.717, 1.165) is 17.7 Å². The van der Waals surface area contributed by atoms with Gasteiger partial charge < -0.3 is 9.47 Å². The van der Waals surface area contributed by atoms with E-state index in [0.29, 0.717) is 13.2 Å². The number of ether oxygens (including phenoxy) is 2. The summed E-state index contributed by atoms with van der Waals surface area (Å²) in [4.78, 5) is 35.6. The van der Waals surface area contributed by atoms with Gasteiger partial charge in [0.05, 0.1) is 12.0 Å². The second-order valence-corrected chi connectivity index (χ2v) is 6.14. The molecule has 0 atom stereocenters. The summed E-state index contributed by atoms with van der Waals surface area (Å²) in [6.45, 7) is 10.3. The van der Waals surface area contributed by atoms with Crippen molar-refractivity contribution in [1.82, 2.24) is 4.90 Å². The first-order chi connectivity index (χ1) is 11.3. The van der Waals surface area contributed by atoms with Gasteiger partial charge in [0, 0.05) is 31.9 Å². The molecule has 0 aromatic carbocycles. The average Bonchev–Trinajstić information content (AvgIpc) is 2.83. The van der Waals surface area contributed by atoms with Gasteiger partial charge in [-0.1, -0.05) is 13.3 Å². The van der Waals surface area contributed by atoms with Crippen LogP contribution in [0, 0.1) is 0 Å². The molecule has 0 spiro atoms. The van der Waals surface area contributed by atoms with Gasteiger partial charge in [-0.05, 0) is 34.1 Å². The summed E-state index contributed by atoms with van der Waals surface area (Å²) < 4.78 is 11.3. The van der Waals surface area contributed by atoms with Crippen LogP contribution in [-0.2, 0) is 28.8 Å².